The van der Waals surface area contributed by atoms with Crippen molar-refractivity contribution >= 4 is 15.8 Å². The number of hydrogen-bond acceptors (Lipinski definition) is 5. The van der Waals surface area contributed by atoms with Crippen LogP contribution in [0.5, 0.6) is 0 Å². The molecular weight excluding hydrogens is 340 g/mol. The molecule has 0 amide bonds. The molecule has 1 saturated heterocycles. The van der Waals surface area contributed by atoms with Crippen LogP contribution in [0.4, 0.5) is 5.82 Å². The molecular formula is C17H30N4O3S. The Labute approximate surface area is 150 Å². The minimum Gasteiger partial charge on any atom is -0.365 e. The summed E-state index contributed by atoms with van der Waals surface area (Å²) in [6.07, 6.45) is 5.71. The second kappa shape index (κ2) is 8.80. The number of unbranched alkanes of at least 4 members (excludes halogenated alkanes) is 1. The van der Waals surface area contributed by atoms with Gasteiger partial charge in [-0.3, -0.25) is 4.79 Å². The molecule has 1 aromatic rings. The van der Waals surface area contributed by atoms with Gasteiger partial charge in [0.1, 0.15) is 0 Å². The normalized spacial score (nSPS) is 18.8. The third kappa shape index (κ3) is 5.54. The second-order valence-electron chi connectivity index (χ2n) is 7.19. The van der Waals surface area contributed by atoms with Crippen LogP contribution in [0.3, 0.4) is 0 Å². The first-order valence-electron chi connectivity index (χ1n) is 9.10. The minimum atomic E-state index is -3.14. The van der Waals surface area contributed by atoms with E-state index < -0.39 is 10.0 Å². The van der Waals surface area contributed by atoms with Crippen LogP contribution in [-0.2, 0) is 16.6 Å². The Morgan fingerprint density at radius 2 is 2.16 bits per heavy atom. The third-order valence-electron chi connectivity index (χ3n) is 4.43. The molecule has 25 heavy (non-hydrogen) atoms. The average Bonchev–Trinajstić information content (AvgIpc) is 3.03. The highest BCUT2D eigenvalue weighted by Gasteiger charge is 2.30. The molecule has 0 aromatic carbocycles. The maximum Gasteiger partial charge on any atom is 0.293 e. The van der Waals surface area contributed by atoms with E-state index in [1.54, 1.807) is 21.3 Å². The van der Waals surface area contributed by atoms with E-state index >= 15 is 0 Å². The van der Waals surface area contributed by atoms with E-state index in [4.69, 9.17) is 0 Å². The van der Waals surface area contributed by atoms with E-state index in [2.05, 4.69) is 24.1 Å². The maximum absolute atomic E-state index is 12.4. The topological polar surface area (TPSA) is 84.3 Å². The predicted molar refractivity (Wildman–Crippen MR) is 100 cm³/mol. The van der Waals surface area contributed by atoms with E-state index in [-0.39, 0.29) is 17.2 Å². The molecule has 1 aliphatic rings. The molecule has 1 aromatic heterocycles. The van der Waals surface area contributed by atoms with E-state index in [1.807, 2.05) is 6.92 Å². The molecule has 8 heteroatoms. The van der Waals surface area contributed by atoms with Crippen LogP contribution in [0.2, 0.25) is 0 Å². The van der Waals surface area contributed by atoms with Gasteiger partial charge in [-0.15, -0.1) is 0 Å². The zero-order valence-corrected chi connectivity index (χ0v) is 16.3. The lowest BCUT2D eigenvalue weighted by Gasteiger charge is -2.17. The molecule has 1 atom stereocenters. The van der Waals surface area contributed by atoms with Gasteiger partial charge in [0.2, 0.25) is 10.0 Å². The molecule has 0 spiro atoms. The van der Waals surface area contributed by atoms with Gasteiger partial charge >= 0.3 is 0 Å². The number of nitrogens with one attached hydrogen (secondary N) is 1. The summed E-state index contributed by atoms with van der Waals surface area (Å²) in [6, 6.07) is 0. The summed E-state index contributed by atoms with van der Waals surface area (Å²) in [4.78, 5) is 16.5. The van der Waals surface area contributed by atoms with Crippen molar-refractivity contribution in [3.8, 4) is 0 Å². The minimum absolute atomic E-state index is 0.123. The molecule has 0 aliphatic carbocycles. The van der Waals surface area contributed by atoms with Crippen molar-refractivity contribution in [3.63, 3.8) is 0 Å². The number of anilines is 1. The number of rotatable bonds is 9. The third-order valence-corrected chi connectivity index (χ3v) is 6.35. The molecule has 1 fully saturated rings. The van der Waals surface area contributed by atoms with E-state index in [0.717, 1.165) is 12.8 Å². The first kappa shape index (κ1) is 19.9. The lowest BCUT2D eigenvalue weighted by molar-refractivity contribution is 0.459. The summed E-state index contributed by atoms with van der Waals surface area (Å²) in [6.45, 7) is 8.42. The zero-order valence-electron chi connectivity index (χ0n) is 15.4. The zero-order chi connectivity index (χ0) is 18.4. The van der Waals surface area contributed by atoms with Gasteiger partial charge in [-0.2, -0.15) is 0 Å². The molecule has 0 radical (unpaired) electrons. The fourth-order valence-electron chi connectivity index (χ4n) is 3.02. The van der Waals surface area contributed by atoms with Crippen molar-refractivity contribution in [1.29, 1.82) is 0 Å². The molecule has 142 valence electrons. The van der Waals surface area contributed by atoms with Crippen molar-refractivity contribution in [3.05, 3.63) is 22.7 Å². The lowest BCUT2D eigenvalue weighted by atomic mass is 10.1. The van der Waals surface area contributed by atoms with Crippen LogP contribution in [-0.4, -0.2) is 47.7 Å². The van der Waals surface area contributed by atoms with Gasteiger partial charge in [0.15, 0.2) is 5.82 Å². The fourth-order valence-corrected chi connectivity index (χ4v) is 4.75. The molecule has 0 bridgehead atoms. The summed E-state index contributed by atoms with van der Waals surface area (Å²) in [7, 11) is -3.14. The highest BCUT2D eigenvalue weighted by molar-refractivity contribution is 7.89. The molecule has 0 saturated carbocycles. The molecule has 2 rings (SSSR count). The average molecular weight is 371 g/mol. The van der Waals surface area contributed by atoms with Gasteiger partial charge in [0.05, 0.1) is 5.75 Å². The van der Waals surface area contributed by atoms with Crippen LogP contribution in [0.15, 0.2) is 17.2 Å². The molecule has 1 aliphatic heterocycles. The SMILES string of the molecule is CCCCS(=O)(=O)N1CCC(CNc2nccn(CC(C)C)c2=O)C1. The predicted octanol–water partition coefficient (Wildman–Crippen LogP) is 1.76. The van der Waals surface area contributed by atoms with Crippen molar-refractivity contribution in [1.82, 2.24) is 13.9 Å². The Kier molecular flexibility index (Phi) is 7.01. The highest BCUT2D eigenvalue weighted by atomic mass is 32.2. The Morgan fingerprint density at radius 1 is 1.40 bits per heavy atom. The number of nitrogens with zero attached hydrogens (tertiary/aromatic N) is 3. The smallest absolute Gasteiger partial charge is 0.293 e. The van der Waals surface area contributed by atoms with Gasteiger partial charge in [-0.05, 0) is 24.7 Å². The van der Waals surface area contributed by atoms with Crippen LogP contribution in [0.25, 0.3) is 0 Å². The van der Waals surface area contributed by atoms with Gasteiger partial charge in [0, 0.05) is 38.6 Å². The summed E-state index contributed by atoms with van der Waals surface area (Å²) in [5, 5.41) is 3.12. The first-order valence-corrected chi connectivity index (χ1v) is 10.7. The molecule has 1 unspecified atom stereocenters. The monoisotopic (exact) mass is 370 g/mol. The Morgan fingerprint density at radius 3 is 2.84 bits per heavy atom. The standard InChI is InChI=1S/C17H30N4O3S/c1-4-5-10-25(23,24)21-8-6-15(13-21)11-19-16-17(22)20(9-7-18-16)12-14(2)3/h7,9,14-15H,4-6,8,10-13H2,1-3H3,(H,18,19). The van der Waals surface area contributed by atoms with E-state index in [1.165, 1.54) is 0 Å². The van der Waals surface area contributed by atoms with Gasteiger partial charge < -0.3 is 9.88 Å². The molecule has 2 heterocycles. The maximum atomic E-state index is 12.4. The van der Waals surface area contributed by atoms with Gasteiger partial charge in [0.25, 0.3) is 5.56 Å². The van der Waals surface area contributed by atoms with Gasteiger partial charge in [-0.1, -0.05) is 27.2 Å². The quantitative estimate of drug-likeness (QED) is 0.716. The lowest BCUT2D eigenvalue weighted by Crippen LogP contribution is -2.32. The largest absolute Gasteiger partial charge is 0.365 e. The highest BCUT2D eigenvalue weighted by Crippen LogP contribution is 2.20. The summed E-state index contributed by atoms with van der Waals surface area (Å²) in [5.41, 5.74) is -0.123. The van der Waals surface area contributed by atoms with Crippen LogP contribution < -0.4 is 10.9 Å². The summed E-state index contributed by atoms with van der Waals surface area (Å²) >= 11 is 0. The van der Waals surface area contributed by atoms with Crippen molar-refractivity contribution in [2.45, 2.75) is 46.6 Å². The van der Waals surface area contributed by atoms with Crippen LogP contribution in [0.1, 0.15) is 40.0 Å². The number of sulfonamides is 1. The van der Waals surface area contributed by atoms with Crippen molar-refractivity contribution < 1.29 is 8.42 Å². The first-order chi connectivity index (χ1) is 11.8. The van der Waals surface area contributed by atoms with E-state index in [0.29, 0.717) is 44.3 Å². The number of aromatic nitrogens is 2. The molecule has 7 nitrogen and oxygen atoms in total. The summed E-state index contributed by atoms with van der Waals surface area (Å²) < 4.78 is 27.8. The van der Waals surface area contributed by atoms with Crippen LogP contribution >= 0.6 is 0 Å². The summed E-state index contributed by atoms with van der Waals surface area (Å²) in [5.74, 6) is 1.15. The fraction of sp³-hybridized carbons (Fsp3) is 0.765. The second-order valence-corrected chi connectivity index (χ2v) is 9.28. The van der Waals surface area contributed by atoms with Gasteiger partial charge in [-0.25, -0.2) is 17.7 Å². The molecule has 1 N–H and O–H groups in total. The Hall–Kier alpha value is -1.41. The number of hydrogen-bond donors (Lipinski definition) is 1. The van der Waals surface area contributed by atoms with E-state index in [9.17, 15) is 13.2 Å². The Bertz CT molecular complexity index is 715. The Balaban J connectivity index is 1.92. The van der Waals surface area contributed by atoms with Crippen molar-refractivity contribution in [2.24, 2.45) is 11.8 Å². The van der Waals surface area contributed by atoms with Crippen molar-refractivity contribution in [2.75, 3.05) is 30.7 Å². The van der Waals surface area contributed by atoms with Crippen LogP contribution in [0, 0.1) is 11.8 Å².